The second kappa shape index (κ2) is 9.41. The van der Waals surface area contributed by atoms with E-state index in [1.54, 1.807) is 0 Å². The van der Waals surface area contributed by atoms with Crippen molar-refractivity contribution in [3.63, 3.8) is 0 Å². The van der Waals surface area contributed by atoms with E-state index in [2.05, 4.69) is 22.1 Å². The van der Waals surface area contributed by atoms with Gasteiger partial charge >= 0.3 is 5.97 Å². The lowest BCUT2D eigenvalue weighted by Crippen LogP contribution is -2.16. The minimum absolute atomic E-state index is 0.140. The fourth-order valence-corrected chi connectivity index (χ4v) is 5.03. The van der Waals surface area contributed by atoms with Crippen molar-refractivity contribution in [3.8, 4) is 11.1 Å². The zero-order chi connectivity index (χ0) is 20.1. The summed E-state index contributed by atoms with van der Waals surface area (Å²) in [4.78, 5) is 32.8. The first-order chi connectivity index (χ1) is 14.2. The summed E-state index contributed by atoms with van der Waals surface area (Å²) < 4.78 is 5.38. The highest BCUT2D eigenvalue weighted by molar-refractivity contribution is 7.99. The molecule has 1 N–H and O–H groups in total. The lowest BCUT2D eigenvalue weighted by atomic mass is 9.95. The van der Waals surface area contributed by atoms with E-state index in [0.717, 1.165) is 35.2 Å². The number of esters is 1. The smallest absolute Gasteiger partial charge is 0.315 e. The molecule has 29 heavy (non-hydrogen) atoms. The Morgan fingerprint density at radius 1 is 1.28 bits per heavy atom. The quantitative estimate of drug-likeness (QED) is 0.435. The van der Waals surface area contributed by atoms with Crippen molar-refractivity contribution < 1.29 is 9.53 Å². The first kappa shape index (κ1) is 19.9. The first-order valence-corrected chi connectivity index (χ1v) is 11.7. The number of H-pyrrole nitrogens is 1. The molecule has 150 valence electrons. The Hall–Kier alpha value is -2.38. The molecule has 0 saturated carbocycles. The molecule has 1 unspecified atom stereocenters. The molecule has 1 aliphatic carbocycles. The normalized spacial score (nSPS) is 16.2. The van der Waals surface area contributed by atoms with E-state index in [-0.39, 0.29) is 17.3 Å². The number of allylic oxidation sites excluding steroid dienone is 2. The van der Waals surface area contributed by atoms with Crippen LogP contribution in [0, 0.1) is 5.92 Å². The van der Waals surface area contributed by atoms with Crippen LogP contribution in [0.25, 0.3) is 21.3 Å². The summed E-state index contributed by atoms with van der Waals surface area (Å²) in [5, 5.41) is 2.59. The molecule has 0 spiro atoms. The van der Waals surface area contributed by atoms with E-state index in [1.165, 1.54) is 23.1 Å². The number of benzene rings is 1. The average Bonchev–Trinajstić information content (AvgIpc) is 3.18. The van der Waals surface area contributed by atoms with E-state index < -0.39 is 0 Å². The number of hydrogen-bond donors (Lipinski definition) is 1. The number of hydrogen-bond acceptors (Lipinski definition) is 6. The molecule has 1 aliphatic rings. The molecule has 0 bridgehead atoms. The van der Waals surface area contributed by atoms with Crippen molar-refractivity contribution in [2.75, 3.05) is 12.4 Å². The zero-order valence-corrected chi connectivity index (χ0v) is 17.6. The molecule has 7 heteroatoms. The SMILES string of the molecule is O=C(CSCc1nc2scc(-c3ccccc3)c2c(=O)[nH]1)OCC1CC=CCC1. The molecular formula is C22H22N2O3S2. The van der Waals surface area contributed by atoms with Crippen LogP contribution in [0.4, 0.5) is 0 Å². The monoisotopic (exact) mass is 426 g/mol. The van der Waals surface area contributed by atoms with Crippen LogP contribution in [0.15, 0.2) is 52.7 Å². The van der Waals surface area contributed by atoms with Gasteiger partial charge in [-0.05, 0) is 30.7 Å². The van der Waals surface area contributed by atoms with Gasteiger partial charge < -0.3 is 9.72 Å². The van der Waals surface area contributed by atoms with Crippen LogP contribution >= 0.6 is 23.1 Å². The van der Waals surface area contributed by atoms with Gasteiger partial charge in [0.2, 0.25) is 0 Å². The Bertz CT molecular complexity index is 1070. The fourth-order valence-electron chi connectivity index (χ4n) is 3.38. The summed E-state index contributed by atoms with van der Waals surface area (Å²) in [6.45, 7) is 0.488. The maximum atomic E-state index is 12.6. The number of carbonyl (C=O) groups is 1. The maximum absolute atomic E-state index is 12.6. The average molecular weight is 427 g/mol. The molecule has 1 atom stereocenters. The van der Waals surface area contributed by atoms with Crippen molar-refractivity contribution in [2.45, 2.75) is 25.0 Å². The van der Waals surface area contributed by atoms with Gasteiger partial charge in [-0.1, -0.05) is 42.5 Å². The number of carbonyl (C=O) groups excluding carboxylic acids is 1. The minimum Gasteiger partial charge on any atom is -0.465 e. The van der Waals surface area contributed by atoms with Gasteiger partial charge in [-0.25, -0.2) is 4.98 Å². The van der Waals surface area contributed by atoms with Gasteiger partial charge in [-0.2, -0.15) is 0 Å². The van der Waals surface area contributed by atoms with Gasteiger partial charge in [0.15, 0.2) is 0 Å². The highest BCUT2D eigenvalue weighted by Gasteiger charge is 2.15. The third-order valence-electron chi connectivity index (χ3n) is 4.89. The predicted octanol–water partition coefficient (Wildman–Crippen LogP) is 4.78. The minimum atomic E-state index is -0.213. The Kier molecular flexibility index (Phi) is 6.46. The van der Waals surface area contributed by atoms with Gasteiger partial charge in [0.05, 0.1) is 23.5 Å². The molecule has 2 aromatic heterocycles. The standard InChI is InChI=1S/C22H22N2O3S2/c25-19(27-11-15-7-3-1-4-8-15)14-28-13-18-23-21(26)20-17(12-29-22(20)24-18)16-9-5-2-6-10-16/h1-3,5-6,9-10,12,15H,4,7-8,11,13-14H2,(H,23,24,26). The summed E-state index contributed by atoms with van der Waals surface area (Å²) in [6.07, 6.45) is 7.45. The van der Waals surface area contributed by atoms with E-state index in [9.17, 15) is 9.59 Å². The number of fused-ring (bicyclic) bond motifs is 1. The molecule has 4 rings (SSSR count). The molecule has 0 amide bonds. The largest absolute Gasteiger partial charge is 0.465 e. The van der Waals surface area contributed by atoms with E-state index in [4.69, 9.17) is 4.74 Å². The molecule has 5 nitrogen and oxygen atoms in total. The Labute approximate surface area is 177 Å². The number of nitrogens with zero attached hydrogens (tertiary/aromatic N) is 1. The third-order valence-corrected chi connectivity index (χ3v) is 6.68. The summed E-state index contributed by atoms with van der Waals surface area (Å²) in [7, 11) is 0. The van der Waals surface area contributed by atoms with E-state index >= 15 is 0 Å². The maximum Gasteiger partial charge on any atom is 0.315 e. The predicted molar refractivity (Wildman–Crippen MR) is 119 cm³/mol. The van der Waals surface area contributed by atoms with Gasteiger partial charge in [0.25, 0.3) is 5.56 Å². The topological polar surface area (TPSA) is 72.0 Å². The second-order valence-electron chi connectivity index (χ2n) is 7.03. The van der Waals surface area contributed by atoms with Crippen LogP contribution in [0.2, 0.25) is 0 Å². The Morgan fingerprint density at radius 2 is 2.14 bits per heavy atom. The number of ether oxygens (including phenoxy) is 1. The molecule has 3 aromatic rings. The Balaban J connectivity index is 1.35. The molecule has 1 aromatic carbocycles. The van der Waals surface area contributed by atoms with Crippen LogP contribution in [0.3, 0.4) is 0 Å². The van der Waals surface area contributed by atoms with Crippen LogP contribution in [-0.2, 0) is 15.3 Å². The van der Waals surface area contributed by atoms with Crippen molar-refractivity contribution in [1.82, 2.24) is 9.97 Å². The number of aromatic amines is 1. The lowest BCUT2D eigenvalue weighted by Gasteiger charge is -2.17. The van der Waals surface area contributed by atoms with Gasteiger partial charge in [0.1, 0.15) is 10.7 Å². The van der Waals surface area contributed by atoms with Gasteiger partial charge in [0, 0.05) is 10.9 Å². The molecule has 0 fully saturated rings. The number of thioether (sulfide) groups is 1. The number of nitrogens with one attached hydrogen (secondary N) is 1. The Morgan fingerprint density at radius 3 is 2.93 bits per heavy atom. The first-order valence-electron chi connectivity index (χ1n) is 9.65. The highest BCUT2D eigenvalue weighted by Crippen LogP contribution is 2.30. The van der Waals surface area contributed by atoms with Crippen molar-refractivity contribution in [3.05, 3.63) is 64.0 Å². The summed E-state index contributed by atoms with van der Waals surface area (Å²) >= 11 is 2.87. The van der Waals surface area contributed by atoms with E-state index in [0.29, 0.717) is 29.5 Å². The van der Waals surface area contributed by atoms with Crippen molar-refractivity contribution in [1.29, 1.82) is 0 Å². The zero-order valence-electron chi connectivity index (χ0n) is 15.9. The number of aromatic nitrogens is 2. The highest BCUT2D eigenvalue weighted by atomic mass is 32.2. The molecule has 0 radical (unpaired) electrons. The molecular weight excluding hydrogens is 404 g/mol. The third kappa shape index (κ3) is 4.97. The number of thiophene rings is 1. The second-order valence-corrected chi connectivity index (χ2v) is 8.88. The molecule has 0 aliphatic heterocycles. The summed E-state index contributed by atoms with van der Waals surface area (Å²) in [6, 6.07) is 9.83. The van der Waals surface area contributed by atoms with Gasteiger partial charge in [-0.3, -0.25) is 9.59 Å². The van der Waals surface area contributed by atoms with Crippen LogP contribution in [0.1, 0.15) is 25.1 Å². The molecule has 2 heterocycles. The summed E-state index contributed by atoms with van der Waals surface area (Å²) in [5.41, 5.74) is 1.77. The number of rotatable bonds is 7. The van der Waals surface area contributed by atoms with E-state index in [1.807, 2.05) is 35.7 Å². The van der Waals surface area contributed by atoms with Crippen LogP contribution in [0.5, 0.6) is 0 Å². The van der Waals surface area contributed by atoms with Gasteiger partial charge in [-0.15, -0.1) is 23.1 Å². The molecule has 0 saturated heterocycles. The van der Waals surface area contributed by atoms with Crippen molar-refractivity contribution >= 4 is 39.3 Å². The van der Waals surface area contributed by atoms with Crippen LogP contribution in [-0.4, -0.2) is 28.3 Å². The van der Waals surface area contributed by atoms with Crippen LogP contribution < -0.4 is 5.56 Å². The van der Waals surface area contributed by atoms with Crippen molar-refractivity contribution in [2.24, 2.45) is 5.92 Å². The summed E-state index contributed by atoms with van der Waals surface area (Å²) in [5.74, 6) is 1.52. The lowest BCUT2D eigenvalue weighted by molar-refractivity contribution is -0.141. The fraction of sp³-hybridized carbons (Fsp3) is 0.318.